The van der Waals surface area contributed by atoms with Crippen LogP contribution in [0.25, 0.3) is 5.57 Å². The van der Waals surface area contributed by atoms with Gasteiger partial charge in [0.2, 0.25) is 0 Å². The number of esters is 1. The summed E-state index contributed by atoms with van der Waals surface area (Å²) in [5, 5.41) is 0. The third-order valence-electron chi connectivity index (χ3n) is 9.02. The van der Waals surface area contributed by atoms with Crippen molar-refractivity contribution in [2.45, 2.75) is 70.5 Å². The third-order valence-corrected chi connectivity index (χ3v) is 9.02. The number of anilines is 1. The molecule has 1 saturated carbocycles. The van der Waals surface area contributed by atoms with Gasteiger partial charge in [0.25, 0.3) is 0 Å². The molecule has 0 N–H and O–H groups in total. The second-order valence-corrected chi connectivity index (χ2v) is 11.2. The summed E-state index contributed by atoms with van der Waals surface area (Å²) >= 11 is 0. The number of piperidine rings is 1. The van der Waals surface area contributed by atoms with Gasteiger partial charge in [0, 0.05) is 38.9 Å². The van der Waals surface area contributed by atoms with E-state index >= 15 is 0 Å². The molecule has 2 fully saturated rings. The Bertz CT molecular complexity index is 1120. The summed E-state index contributed by atoms with van der Waals surface area (Å²) < 4.78 is 16.1. The second kappa shape index (κ2) is 12.5. The molecular weight excluding hydrogens is 474 g/mol. The van der Waals surface area contributed by atoms with Crippen LogP contribution in [0.15, 0.2) is 48.0 Å². The number of allylic oxidation sites excluding steroid dienone is 1. The van der Waals surface area contributed by atoms with Crippen molar-refractivity contribution in [3.63, 3.8) is 0 Å². The van der Waals surface area contributed by atoms with E-state index in [4.69, 9.17) is 14.2 Å². The van der Waals surface area contributed by atoms with Crippen LogP contribution in [0.1, 0.15) is 84.8 Å². The van der Waals surface area contributed by atoms with Gasteiger partial charge in [0.1, 0.15) is 0 Å². The van der Waals surface area contributed by atoms with Crippen molar-refractivity contribution in [2.24, 2.45) is 11.8 Å². The zero-order valence-electron chi connectivity index (χ0n) is 23.3. The molecule has 0 atom stereocenters. The molecule has 204 valence electrons. The number of carbonyl (C=O) groups excluding carboxylic acids is 1. The van der Waals surface area contributed by atoms with Crippen LogP contribution in [0.3, 0.4) is 0 Å². The lowest BCUT2D eigenvalue weighted by atomic mass is 9.78. The molecule has 3 aliphatic rings. The highest BCUT2D eigenvalue weighted by Crippen LogP contribution is 2.43. The summed E-state index contributed by atoms with van der Waals surface area (Å²) in [5.41, 5.74) is 8.85. The summed E-state index contributed by atoms with van der Waals surface area (Å²) in [4.78, 5) is 14.8. The van der Waals surface area contributed by atoms with Crippen molar-refractivity contribution < 1.29 is 19.0 Å². The maximum Gasteiger partial charge on any atom is 0.337 e. The summed E-state index contributed by atoms with van der Waals surface area (Å²) in [6.45, 7) is 2.03. The number of carbonyl (C=O) groups is 1. The third kappa shape index (κ3) is 5.69. The van der Waals surface area contributed by atoms with Crippen LogP contribution in [-0.2, 0) is 20.6 Å². The van der Waals surface area contributed by atoms with E-state index in [0.717, 1.165) is 45.2 Å². The van der Waals surface area contributed by atoms with Crippen molar-refractivity contribution in [3.05, 3.63) is 70.3 Å². The fraction of sp³-hybridized carbons (Fsp3) is 0.545. The first-order chi connectivity index (χ1) is 18.6. The average molecular weight is 518 g/mol. The first-order valence-corrected chi connectivity index (χ1v) is 14.5. The Morgan fingerprint density at radius 2 is 1.55 bits per heavy atom. The van der Waals surface area contributed by atoms with Gasteiger partial charge in [-0.1, -0.05) is 43.0 Å². The number of hydrogen-bond acceptors (Lipinski definition) is 5. The number of fused-ring (bicyclic) bond motifs is 1. The van der Waals surface area contributed by atoms with Gasteiger partial charge in [-0.3, -0.25) is 0 Å². The van der Waals surface area contributed by atoms with E-state index < -0.39 is 0 Å². The van der Waals surface area contributed by atoms with E-state index in [-0.39, 0.29) is 12.3 Å². The second-order valence-electron chi connectivity index (χ2n) is 11.2. The van der Waals surface area contributed by atoms with E-state index in [2.05, 4.69) is 41.3 Å². The van der Waals surface area contributed by atoms with Crippen LogP contribution in [0.5, 0.6) is 0 Å². The van der Waals surface area contributed by atoms with Crippen molar-refractivity contribution in [1.29, 1.82) is 0 Å². The summed E-state index contributed by atoms with van der Waals surface area (Å²) in [5.74, 6) is 0.852. The Morgan fingerprint density at radius 1 is 0.842 bits per heavy atom. The van der Waals surface area contributed by atoms with E-state index in [1.54, 1.807) is 19.8 Å². The van der Waals surface area contributed by atoms with Crippen LogP contribution in [0.2, 0.25) is 0 Å². The molecule has 2 aliphatic carbocycles. The van der Waals surface area contributed by atoms with Crippen LogP contribution in [0, 0.1) is 11.8 Å². The highest BCUT2D eigenvalue weighted by atomic mass is 16.7. The molecule has 0 bridgehead atoms. The van der Waals surface area contributed by atoms with E-state index in [1.165, 1.54) is 67.2 Å². The molecule has 1 saturated heterocycles. The highest BCUT2D eigenvalue weighted by molar-refractivity contribution is 5.92. The SMILES string of the molecule is COC(=O)c1ccc2c(c1)CCCC(C1CCCCC1)=C2c1ccc(N2CCC(C(OC)OC)CC2)cc1. The quantitative estimate of drug-likeness (QED) is 0.292. The number of methoxy groups -OCH3 is 3. The molecule has 1 heterocycles. The van der Waals surface area contributed by atoms with Gasteiger partial charge in [0.05, 0.1) is 12.7 Å². The molecule has 0 radical (unpaired) electrons. The smallest absolute Gasteiger partial charge is 0.337 e. The molecule has 1 aliphatic heterocycles. The van der Waals surface area contributed by atoms with Crippen molar-refractivity contribution >= 4 is 17.2 Å². The lowest BCUT2D eigenvalue weighted by molar-refractivity contribution is -0.141. The molecular formula is C33H43NO4. The Balaban J connectivity index is 1.46. The fourth-order valence-corrected chi connectivity index (χ4v) is 7.01. The van der Waals surface area contributed by atoms with E-state index in [0.29, 0.717) is 17.4 Å². The molecule has 5 heteroatoms. The molecule has 0 unspecified atom stereocenters. The number of ether oxygens (including phenoxy) is 3. The normalized spacial score (nSPS) is 19.4. The highest BCUT2D eigenvalue weighted by Gasteiger charge is 2.28. The Morgan fingerprint density at radius 3 is 2.21 bits per heavy atom. The van der Waals surface area contributed by atoms with Crippen molar-refractivity contribution in [2.75, 3.05) is 39.3 Å². The Labute approximate surface area is 228 Å². The number of rotatable bonds is 7. The van der Waals surface area contributed by atoms with Gasteiger partial charge in [0.15, 0.2) is 6.29 Å². The van der Waals surface area contributed by atoms with Crippen LogP contribution in [-0.4, -0.2) is 46.7 Å². The molecule has 38 heavy (non-hydrogen) atoms. The van der Waals surface area contributed by atoms with Gasteiger partial charge in [-0.15, -0.1) is 0 Å². The van der Waals surface area contributed by atoms with Crippen LogP contribution < -0.4 is 4.90 Å². The summed E-state index contributed by atoms with van der Waals surface area (Å²) in [6.07, 6.45) is 11.9. The van der Waals surface area contributed by atoms with Gasteiger partial charge < -0.3 is 19.1 Å². The first-order valence-electron chi connectivity index (χ1n) is 14.5. The van der Waals surface area contributed by atoms with Crippen molar-refractivity contribution in [3.8, 4) is 0 Å². The zero-order chi connectivity index (χ0) is 26.5. The lowest BCUT2D eigenvalue weighted by Crippen LogP contribution is -2.39. The number of aryl methyl sites for hydroxylation is 1. The average Bonchev–Trinajstić information content (AvgIpc) is 3.17. The van der Waals surface area contributed by atoms with Crippen molar-refractivity contribution in [1.82, 2.24) is 0 Å². The van der Waals surface area contributed by atoms with Crippen LogP contribution in [0.4, 0.5) is 5.69 Å². The van der Waals surface area contributed by atoms with E-state index in [9.17, 15) is 4.79 Å². The van der Waals surface area contributed by atoms with Gasteiger partial charge in [-0.2, -0.15) is 0 Å². The number of hydrogen-bond donors (Lipinski definition) is 0. The van der Waals surface area contributed by atoms with Gasteiger partial charge in [-0.25, -0.2) is 4.79 Å². The summed E-state index contributed by atoms with van der Waals surface area (Å²) in [7, 11) is 4.92. The first kappa shape index (κ1) is 27.0. The molecule has 5 nitrogen and oxygen atoms in total. The zero-order valence-corrected chi connectivity index (χ0v) is 23.3. The monoisotopic (exact) mass is 517 g/mol. The minimum atomic E-state index is -0.259. The topological polar surface area (TPSA) is 48.0 Å². The largest absolute Gasteiger partial charge is 0.465 e. The molecule has 5 rings (SSSR count). The number of nitrogens with zero attached hydrogens (tertiary/aromatic N) is 1. The van der Waals surface area contributed by atoms with Gasteiger partial charge >= 0.3 is 5.97 Å². The minimum absolute atomic E-state index is 0.111. The Kier molecular flexibility index (Phi) is 8.86. The predicted octanol–water partition coefficient (Wildman–Crippen LogP) is 7.03. The molecule has 2 aromatic rings. The fourth-order valence-electron chi connectivity index (χ4n) is 7.01. The van der Waals surface area contributed by atoms with Crippen LogP contribution >= 0.6 is 0 Å². The van der Waals surface area contributed by atoms with E-state index in [1.807, 2.05) is 6.07 Å². The maximum atomic E-state index is 12.3. The predicted molar refractivity (Wildman–Crippen MR) is 153 cm³/mol. The maximum absolute atomic E-state index is 12.3. The standard InChI is InChI=1S/C33H43NO4/c1-36-32(35)27-14-17-30-26(22-27)10-7-11-29(23-8-5-4-6-9-23)31(30)24-12-15-28(16-13-24)34-20-18-25(19-21-34)33(37-2)38-3/h12-17,22-23,25,33H,4-11,18-21H2,1-3H3. The molecule has 0 aromatic heterocycles. The molecule has 0 amide bonds. The lowest BCUT2D eigenvalue weighted by Gasteiger charge is -2.36. The Hall–Kier alpha value is -2.63. The molecule has 2 aromatic carbocycles. The summed E-state index contributed by atoms with van der Waals surface area (Å²) in [6, 6.07) is 15.5. The van der Waals surface area contributed by atoms with Gasteiger partial charge in [-0.05, 0) is 97.4 Å². The molecule has 0 spiro atoms. The minimum Gasteiger partial charge on any atom is -0.465 e. The number of benzene rings is 2.